The maximum Gasteiger partial charge on any atom is 0.124 e. The number of ether oxygens (including phenoxy) is 1. The van der Waals surface area contributed by atoms with Crippen molar-refractivity contribution in [3.8, 4) is 5.75 Å². The topological polar surface area (TPSA) is 21.6 Å². The number of aliphatic imine (C=N–C) groups is 1. The van der Waals surface area contributed by atoms with Crippen molar-refractivity contribution in [1.29, 1.82) is 0 Å². The summed E-state index contributed by atoms with van der Waals surface area (Å²) in [5.41, 5.74) is 1.19. The first kappa shape index (κ1) is 11.9. The van der Waals surface area contributed by atoms with Crippen molar-refractivity contribution in [3.05, 3.63) is 29.8 Å². The van der Waals surface area contributed by atoms with Gasteiger partial charge in [0.25, 0.3) is 0 Å². The van der Waals surface area contributed by atoms with Gasteiger partial charge in [-0.3, -0.25) is 4.99 Å². The normalized spacial score (nSPS) is 14.9. The molecule has 0 saturated heterocycles. The molecular formula is C12H15NOS2. The summed E-state index contributed by atoms with van der Waals surface area (Å²) in [6, 6.07) is 8.12. The zero-order valence-corrected chi connectivity index (χ0v) is 10.9. The number of para-hydroxylation sites is 1. The van der Waals surface area contributed by atoms with Crippen molar-refractivity contribution in [2.24, 2.45) is 4.99 Å². The molecule has 0 amide bonds. The van der Waals surface area contributed by atoms with E-state index in [1.54, 1.807) is 11.8 Å². The highest BCUT2D eigenvalue weighted by Gasteiger charge is 2.07. The van der Waals surface area contributed by atoms with Crippen LogP contribution in [0.15, 0.2) is 29.3 Å². The van der Waals surface area contributed by atoms with Gasteiger partial charge in [0.1, 0.15) is 10.1 Å². The quantitative estimate of drug-likeness (QED) is 0.769. The first-order chi connectivity index (χ1) is 7.86. The third-order valence-corrected chi connectivity index (χ3v) is 4.43. The van der Waals surface area contributed by atoms with E-state index in [0.29, 0.717) is 0 Å². The summed E-state index contributed by atoms with van der Waals surface area (Å²) in [6.07, 6.45) is 0. The van der Waals surface area contributed by atoms with Crippen LogP contribution in [0.3, 0.4) is 0 Å². The fourth-order valence-corrected chi connectivity index (χ4v) is 3.30. The molecule has 0 aromatic heterocycles. The molecule has 0 aliphatic carbocycles. The third-order valence-electron chi connectivity index (χ3n) is 2.22. The minimum atomic E-state index is 0.745. The van der Waals surface area contributed by atoms with Gasteiger partial charge in [0.05, 0.1) is 13.2 Å². The highest BCUT2D eigenvalue weighted by molar-refractivity contribution is 8.39. The predicted molar refractivity (Wildman–Crippen MR) is 73.9 cm³/mol. The van der Waals surface area contributed by atoms with E-state index in [-0.39, 0.29) is 0 Å². The van der Waals surface area contributed by atoms with Gasteiger partial charge < -0.3 is 4.74 Å². The second-order valence-electron chi connectivity index (χ2n) is 3.46. The lowest BCUT2D eigenvalue weighted by atomic mass is 10.2. The van der Waals surface area contributed by atoms with E-state index in [2.05, 4.69) is 18.0 Å². The number of benzene rings is 1. The zero-order chi connectivity index (χ0) is 11.2. The van der Waals surface area contributed by atoms with Gasteiger partial charge in [0, 0.05) is 11.5 Å². The summed E-state index contributed by atoms with van der Waals surface area (Å²) in [7, 11) is 0. The molecule has 0 saturated carbocycles. The maximum atomic E-state index is 5.71. The van der Waals surface area contributed by atoms with Crippen molar-refractivity contribution < 1.29 is 4.74 Å². The molecule has 0 atom stereocenters. The summed E-state index contributed by atoms with van der Waals surface area (Å²) in [4.78, 5) is 4.38. The van der Waals surface area contributed by atoms with Gasteiger partial charge >= 0.3 is 0 Å². The fraction of sp³-hybridized carbons (Fsp3) is 0.417. The lowest BCUT2D eigenvalue weighted by Gasteiger charge is -2.08. The standard InChI is InChI=1S/C12H15NOS2/c1-10-4-2-3-5-11(10)14-7-9-16-12-13-6-8-15-12/h2-5H,6-9H2,1H3. The highest BCUT2D eigenvalue weighted by atomic mass is 32.2. The molecule has 1 aromatic rings. The number of aryl methyl sites for hydroxylation is 1. The van der Waals surface area contributed by atoms with E-state index in [9.17, 15) is 0 Å². The molecular weight excluding hydrogens is 238 g/mol. The summed E-state index contributed by atoms with van der Waals surface area (Å²) < 4.78 is 6.93. The Hall–Kier alpha value is -0.610. The van der Waals surface area contributed by atoms with Crippen LogP contribution in [0.4, 0.5) is 0 Å². The van der Waals surface area contributed by atoms with E-state index in [1.807, 2.05) is 30.0 Å². The molecule has 1 aliphatic rings. The molecule has 16 heavy (non-hydrogen) atoms. The summed E-state index contributed by atoms with van der Waals surface area (Å²) >= 11 is 3.65. The van der Waals surface area contributed by atoms with Gasteiger partial charge in [-0.25, -0.2) is 0 Å². The van der Waals surface area contributed by atoms with Gasteiger partial charge in [0.2, 0.25) is 0 Å². The lowest BCUT2D eigenvalue weighted by molar-refractivity contribution is 0.342. The number of rotatable bonds is 4. The van der Waals surface area contributed by atoms with Gasteiger partial charge in [-0.1, -0.05) is 41.7 Å². The Morgan fingerprint density at radius 3 is 3.06 bits per heavy atom. The molecule has 0 unspecified atom stereocenters. The SMILES string of the molecule is Cc1ccccc1OCCSC1=NCCS1. The van der Waals surface area contributed by atoms with Crippen molar-refractivity contribution in [3.63, 3.8) is 0 Å². The molecule has 86 valence electrons. The second-order valence-corrected chi connectivity index (χ2v) is 5.88. The van der Waals surface area contributed by atoms with Gasteiger partial charge in [-0.05, 0) is 18.6 Å². The number of hydrogen-bond acceptors (Lipinski definition) is 4. The van der Waals surface area contributed by atoms with Crippen molar-refractivity contribution in [2.45, 2.75) is 6.92 Å². The Bertz CT molecular complexity index is 379. The number of hydrogen-bond donors (Lipinski definition) is 0. The number of thioether (sulfide) groups is 2. The lowest BCUT2D eigenvalue weighted by Crippen LogP contribution is -2.02. The number of nitrogens with zero attached hydrogens (tertiary/aromatic N) is 1. The first-order valence-electron chi connectivity index (χ1n) is 5.35. The Morgan fingerprint density at radius 1 is 1.44 bits per heavy atom. The smallest absolute Gasteiger partial charge is 0.124 e. The van der Waals surface area contributed by atoms with Crippen LogP contribution in [0.2, 0.25) is 0 Å². The fourth-order valence-electron chi connectivity index (χ4n) is 1.40. The van der Waals surface area contributed by atoms with E-state index in [1.165, 1.54) is 9.94 Å². The largest absolute Gasteiger partial charge is 0.492 e. The van der Waals surface area contributed by atoms with Crippen molar-refractivity contribution in [2.75, 3.05) is 24.7 Å². The molecule has 4 heteroatoms. The highest BCUT2D eigenvalue weighted by Crippen LogP contribution is 2.22. The van der Waals surface area contributed by atoms with E-state index in [0.717, 1.165) is 30.4 Å². The molecule has 1 heterocycles. The summed E-state index contributed by atoms with van der Waals surface area (Å²) in [6.45, 7) is 3.79. The van der Waals surface area contributed by atoms with Crippen LogP contribution >= 0.6 is 23.5 Å². The van der Waals surface area contributed by atoms with Crippen LogP contribution in [-0.2, 0) is 0 Å². The molecule has 0 N–H and O–H groups in total. The minimum absolute atomic E-state index is 0.745. The Kier molecular flexibility index (Phi) is 4.60. The van der Waals surface area contributed by atoms with E-state index >= 15 is 0 Å². The van der Waals surface area contributed by atoms with E-state index in [4.69, 9.17) is 4.74 Å². The monoisotopic (exact) mass is 253 g/mol. The van der Waals surface area contributed by atoms with Crippen LogP contribution in [0.5, 0.6) is 5.75 Å². The Morgan fingerprint density at radius 2 is 2.31 bits per heavy atom. The average molecular weight is 253 g/mol. The first-order valence-corrected chi connectivity index (χ1v) is 7.32. The van der Waals surface area contributed by atoms with Crippen LogP contribution in [0, 0.1) is 6.92 Å². The van der Waals surface area contributed by atoms with Gasteiger partial charge in [-0.2, -0.15) is 0 Å². The Balaban J connectivity index is 1.70. The zero-order valence-electron chi connectivity index (χ0n) is 9.31. The van der Waals surface area contributed by atoms with Gasteiger partial charge in [0.15, 0.2) is 0 Å². The van der Waals surface area contributed by atoms with Gasteiger partial charge in [-0.15, -0.1) is 0 Å². The second kappa shape index (κ2) is 6.21. The predicted octanol–water partition coefficient (Wildman–Crippen LogP) is 3.21. The van der Waals surface area contributed by atoms with Crippen molar-refractivity contribution >= 4 is 27.9 Å². The van der Waals surface area contributed by atoms with Crippen LogP contribution < -0.4 is 4.74 Å². The van der Waals surface area contributed by atoms with Crippen LogP contribution in [0.25, 0.3) is 0 Å². The molecule has 2 rings (SSSR count). The average Bonchev–Trinajstić information content (AvgIpc) is 2.79. The van der Waals surface area contributed by atoms with Crippen molar-refractivity contribution in [1.82, 2.24) is 0 Å². The molecule has 1 aliphatic heterocycles. The molecule has 0 radical (unpaired) electrons. The minimum Gasteiger partial charge on any atom is -0.492 e. The third kappa shape index (κ3) is 3.46. The van der Waals surface area contributed by atoms with Crippen LogP contribution in [-0.4, -0.2) is 29.0 Å². The molecule has 1 aromatic carbocycles. The Labute approximate surface area is 105 Å². The molecule has 0 fully saturated rings. The summed E-state index contributed by atoms with van der Waals surface area (Å²) in [5.74, 6) is 3.10. The maximum absolute atomic E-state index is 5.71. The summed E-state index contributed by atoms with van der Waals surface area (Å²) in [5, 5.41) is 0. The van der Waals surface area contributed by atoms with Crippen LogP contribution in [0.1, 0.15) is 5.56 Å². The molecule has 2 nitrogen and oxygen atoms in total. The molecule has 0 bridgehead atoms. The molecule has 0 spiro atoms. The van der Waals surface area contributed by atoms with E-state index < -0.39 is 0 Å².